The van der Waals surface area contributed by atoms with Gasteiger partial charge in [0, 0.05) is 16.5 Å². The fraction of sp³-hybridized carbons (Fsp3) is 0.244. The number of hydrogen-bond donors (Lipinski definition) is 0. The van der Waals surface area contributed by atoms with Gasteiger partial charge in [-0.15, -0.1) is 10.2 Å². The van der Waals surface area contributed by atoms with E-state index in [1.165, 1.54) is 5.01 Å². The van der Waals surface area contributed by atoms with Gasteiger partial charge in [-0.05, 0) is 103 Å². The minimum absolute atomic E-state index is 0.0250. The zero-order valence-corrected chi connectivity index (χ0v) is 32.2. The first kappa shape index (κ1) is 37.2. The molecule has 13 heteroatoms. The minimum Gasteiger partial charge on any atom is -0.497 e. The summed E-state index contributed by atoms with van der Waals surface area (Å²) in [6, 6.07) is 28.1. The van der Waals surface area contributed by atoms with Crippen molar-refractivity contribution < 1.29 is 23.8 Å². The monoisotopic (exact) mass is 781 g/mol. The number of aromatic nitrogens is 3. The number of hydrogen-bond acceptors (Lipinski definition) is 9. The van der Waals surface area contributed by atoms with Crippen molar-refractivity contribution in [3.8, 4) is 28.6 Å². The molecule has 10 nitrogen and oxygen atoms in total. The Morgan fingerprint density at radius 2 is 1.65 bits per heavy atom. The SMILES string of the molecule is COc1ccc(/C=C2/CCCC3C2=NN(C(=O)COC(=O)CSc2nnc(-c4ccc(Cl)cc4Cl)n2-c2ccccc2C)C3c2ccc(OC)cc2)cc1. The van der Waals surface area contributed by atoms with Crippen LogP contribution in [0.15, 0.2) is 107 Å². The molecule has 1 aliphatic heterocycles. The summed E-state index contributed by atoms with van der Waals surface area (Å²) in [6.07, 6.45) is 4.78. The highest BCUT2D eigenvalue weighted by atomic mass is 35.5. The Kier molecular flexibility index (Phi) is 11.4. The zero-order chi connectivity index (χ0) is 37.8. The second-order valence-electron chi connectivity index (χ2n) is 12.9. The third-order valence-corrected chi connectivity index (χ3v) is 11.0. The Hall–Kier alpha value is -5.10. The number of aryl methyl sites for hydroxylation is 1. The molecule has 7 rings (SSSR count). The normalized spacial score (nSPS) is 17.2. The summed E-state index contributed by atoms with van der Waals surface area (Å²) in [5.41, 5.74) is 6.34. The van der Waals surface area contributed by atoms with E-state index in [0.717, 1.165) is 70.4 Å². The van der Waals surface area contributed by atoms with Gasteiger partial charge < -0.3 is 14.2 Å². The van der Waals surface area contributed by atoms with E-state index in [4.69, 9.17) is 42.5 Å². The van der Waals surface area contributed by atoms with Gasteiger partial charge in [0.1, 0.15) is 11.5 Å². The highest BCUT2D eigenvalue weighted by Gasteiger charge is 2.44. The maximum atomic E-state index is 13.9. The van der Waals surface area contributed by atoms with Crippen molar-refractivity contribution in [1.29, 1.82) is 0 Å². The van der Waals surface area contributed by atoms with Gasteiger partial charge in [0.05, 0.1) is 42.4 Å². The van der Waals surface area contributed by atoms with Gasteiger partial charge in [0.2, 0.25) is 0 Å². The van der Waals surface area contributed by atoms with Crippen molar-refractivity contribution in [2.75, 3.05) is 26.6 Å². The van der Waals surface area contributed by atoms with Gasteiger partial charge in [0.15, 0.2) is 17.6 Å². The van der Waals surface area contributed by atoms with Gasteiger partial charge >= 0.3 is 5.97 Å². The molecule has 1 aliphatic carbocycles. The van der Waals surface area contributed by atoms with Crippen LogP contribution < -0.4 is 9.47 Å². The Morgan fingerprint density at radius 3 is 2.35 bits per heavy atom. The van der Waals surface area contributed by atoms with Gasteiger partial charge in [-0.1, -0.05) is 77.4 Å². The number of esters is 1. The van der Waals surface area contributed by atoms with Gasteiger partial charge in [-0.2, -0.15) is 5.10 Å². The lowest BCUT2D eigenvalue weighted by atomic mass is 9.77. The molecule has 1 fully saturated rings. The number of carbonyl (C=O) groups excluding carboxylic acids is 2. The molecule has 54 heavy (non-hydrogen) atoms. The van der Waals surface area contributed by atoms with E-state index >= 15 is 0 Å². The molecule has 1 amide bonds. The molecular formula is C41H37Cl2N5O5S. The smallest absolute Gasteiger partial charge is 0.316 e. The number of ether oxygens (including phenoxy) is 3. The van der Waals surface area contributed by atoms with Crippen LogP contribution in [-0.4, -0.2) is 63.9 Å². The van der Waals surface area contributed by atoms with Crippen LogP contribution in [0, 0.1) is 12.8 Å². The Bertz CT molecular complexity index is 2240. The Balaban J connectivity index is 1.10. The number of hydrazone groups is 1. The molecule has 2 atom stereocenters. The summed E-state index contributed by atoms with van der Waals surface area (Å²) in [7, 11) is 3.26. The number of benzene rings is 4. The zero-order valence-electron chi connectivity index (χ0n) is 29.9. The van der Waals surface area contributed by atoms with Gasteiger partial charge in [0.25, 0.3) is 5.91 Å². The van der Waals surface area contributed by atoms with Crippen molar-refractivity contribution in [2.24, 2.45) is 11.0 Å². The first-order valence-electron chi connectivity index (χ1n) is 17.4. The fourth-order valence-electron chi connectivity index (χ4n) is 6.86. The highest BCUT2D eigenvalue weighted by Crippen LogP contribution is 2.45. The molecule has 5 aromatic rings. The topological polar surface area (TPSA) is 108 Å². The quantitative estimate of drug-likeness (QED) is 0.0966. The molecule has 4 aromatic carbocycles. The summed E-state index contributed by atoms with van der Waals surface area (Å²) >= 11 is 13.9. The number of fused-ring (bicyclic) bond motifs is 1. The maximum absolute atomic E-state index is 13.9. The summed E-state index contributed by atoms with van der Waals surface area (Å²) in [4.78, 5) is 27.1. The first-order valence-corrected chi connectivity index (χ1v) is 19.1. The molecular weight excluding hydrogens is 745 g/mol. The fourth-order valence-corrected chi connectivity index (χ4v) is 8.09. The average molecular weight is 783 g/mol. The number of nitrogens with zero attached hydrogens (tertiary/aromatic N) is 5. The van der Waals surface area contributed by atoms with E-state index in [-0.39, 0.29) is 17.7 Å². The molecule has 1 saturated carbocycles. The van der Waals surface area contributed by atoms with E-state index in [1.807, 2.05) is 84.3 Å². The molecule has 0 radical (unpaired) electrons. The number of thioether (sulfide) groups is 1. The van der Waals surface area contributed by atoms with Crippen LogP contribution in [0.4, 0.5) is 0 Å². The first-order chi connectivity index (χ1) is 26.2. The standard InChI is InChI=1S/C41H37Cl2N5O5S/c1-25-7-4-5-10-35(25)47-40(32-20-15-29(42)22-34(32)43)44-45-41(47)54-24-37(50)53-23-36(49)48-39(27-13-18-31(52-3)19-14-27)33-9-6-8-28(38(33)46-48)21-26-11-16-30(51-2)17-12-26/h4-5,7,10-22,33,39H,6,8-9,23-24H2,1-3H3/b28-21-. The van der Waals surface area contributed by atoms with Crippen LogP contribution in [0.2, 0.25) is 10.0 Å². The molecule has 0 bridgehead atoms. The van der Waals surface area contributed by atoms with Crippen LogP contribution >= 0.6 is 35.0 Å². The second-order valence-corrected chi connectivity index (χ2v) is 14.7. The summed E-state index contributed by atoms with van der Waals surface area (Å²) in [5, 5.41) is 16.6. The molecule has 0 saturated heterocycles. The Labute approximate surface area is 327 Å². The number of para-hydroxylation sites is 1. The van der Waals surface area contributed by atoms with Gasteiger partial charge in [-0.3, -0.25) is 14.2 Å². The summed E-state index contributed by atoms with van der Waals surface area (Å²) in [5.74, 6) is 0.861. The maximum Gasteiger partial charge on any atom is 0.316 e. The number of amides is 1. The van der Waals surface area contributed by atoms with Crippen molar-refractivity contribution in [2.45, 2.75) is 37.4 Å². The van der Waals surface area contributed by atoms with Gasteiger partial charge in [-0.25, -0.2) is 5.01 Å². The van der Waals surface area contributed by atoms with Crippen molar-refractivity contribution in [1.82, 2.24) is 19.8 Å². The van der Waals surface area contributed by atoms with Crippen LogP contribution in [0.1, 0.15) is 42.0 Å². The largest absolute Gasteiger partial charge is 0.497 e. The molecule has 2 heterocycles. The second kappa shape index (κ2) is 16.5. The van der Waals surface area contributed by atoms with Crippen LogP contribution in [0.25, 0.3) is 23.2 Å². The lowest BCUT2D eigenvalue weighted by Crippen LogP contribution is -2.34. The number of allylic oxidation sites excluding steroid dienone is 1. The van der Waals surface area contributed by atoms with E-state index in [2.05, 4.69) is 16.3 Å². The van der Waals surface area contributed by atoms with Crippen LogP contribution in [-0.2, 0) is 14.3 Å². The summed E-state index contributed by atoms with van der Waals surface area (Å²) < 4.78 is 18.2. The lowest BCUT2D eigenvalue weighted by Gasteiger charge is -2.29. The van der Waals surface area contributed by atoms with E-state index in [1.54, 1.807) is 32.4 Å². The number of rotatable bonds is 11. The van der Waals surface area contributed by atoms with Crippen molar-refractivity contribution in [3.05, 3.63) is 123 Å². The number of carbonyl (C=O) groups is 2. The summed E-state index contributed by atoms with van der Waals surface area (Å²) in [6.45, 7) is 1.51. The van der Waals surface area contributed by atoms with Crippen LogP contribution in [0.5, 0.6) is 11.5 Å². The lowest BCUT2D eigenvalue weighted by molar-refractivity contribution is -0.151. The van der Waals surface area contributed by atoms with Crippen molar-refractivity contribution >= 4 is 58.6 Å². The third-order valence-electron chi connectivity index (χ3n) is 9.51. The average Bonchev–Trinajstić information content (AvgIpc) is 3.79. The third kappa shape index (κ3) is 7.89. The minimum atomic E-state index is -0.580. The molecule has 0 spiro atoms. The molecule has 2 aliphatic rings. The molecule has 276 valence electrons. The molecule has 1 aromatic heterocycles. The van der Waals surface area contributed by atoms with E-state index in [9.17, 15) is 9.59 Å². The van der Waals surface area contributed by atoms with E-state index in [0.29, 0.717) is 32.3 Å². The van der Waals surface area contributed by atoms with Crippen LogP contribution in [0.3, 0.4) is 0 Å². The Morgan fingerprint density at radius 1 is 0.926 bits per heavy atom. The predicted molar refractivity (Wildman–Crippen MR) is 212 cm³/mol. The molecule has 0 N–H and O–H groups in total. The van der Waals surface area contributed by atoms with Crippen molar-refractivity contribution in [3.63, 3.8) is 0 Å². The molecule has 2 unspecified atom stereocenters. The van der Waals surface area contributed by atoms with E-state index < -0.39 is 18.5 Å². The number of halogens is 2. The number of methoxy groups -OCH3 is 2. The highest BCUT2D eigenvalue weighted by molar-refractivity contribution is 7.99. The predicted octanol–water partition coefficient (Wildman–Crippen LogP) is 9.03.